The third-order valence-electron chi connectivity index (χ3n) is 1.03. The van der Waals surface area contributed by atoms with Crippen LogP contribution in [0.25, 0.3) is 0 Å². The van der Waals surface area contributed by atoms with E-state index < -0.39 is 0 Å². The lowest BCUT2D eigenvalue weighted by Crippen LogP contribution is -2.10. The van der Waals surface area contributed by atoms with Gasteiger partial charge in [0.1, 0.15) is 5.75 Å². The first-order chi connectivity index (χ1) is 4.83. The largest absolute Gasteiger partial charge is 0.409 e. The maximum atomic E-state index is 5.64. The van der Waals surface area contributed by atoms with E-state index in [1.165, 1.54) is 0 Å². The molecule has 1 N–H and O–H groups in total. The van der Waals surface area contributed by atoms with Crippen LogP contribution in [0.4, 0.5) is 0 Å². The molecule has 0 aliphatic heterocycles. The number of rotatable bonds is 2. The molecule has 0 atom stereocenters. The average molecular weight is 158 g/mol. The molecule has 0 aliphatic carbocycles. The quantitative estimate of drug-likeness (QED) is 0.662. The topological polar surface area (TPSA) is 21.3 Å². The summed E-state index contributed by atoms with van der Waals surface area (Å²) in [6, 6.07) is 7.13. The number of halogens is 1. The summed E-state index contributed by atoms with van der Waals surface area (Å²) in [5.41, 5.74) is 2.56. The molecular formula is C7H8ClNO. The molecule has 0 spiro atoms. The van der Waals surface area contributed by atoms with Gasteiger partial charge in [-0.2, -0.15) is 5.48 Å². The molecule has 0 aliphatic rings. The summed E-state index contributed by atoms with van der Waals surface area (Å²) in [5, 5.41) is 0.712. The van der Waals surface area contributed by atoms with Gasteiger partial charge in [0.05, 0.1) is 0 Å². The van der Waals surface area contributed by atoms with Crippen molar-refractivity contribution in [1.29, 1.82) is 0 Å². The van der Waals surface area contributed by atoms with Gasteiger partial charge in [-0.15, -0.1) is 0 Å². The lowest BCUT2D eigenvalue weighted by molar-refractivity contribution is 0.224. The van der Waals surface area contributed by atoms with Crippen molar-refractivity contribution >= 4 is 11.6 Å². The monoisotopic (exact) mass is 157 g/mol. The van der Waals surface area contributed by atoms with Crippen LogP contribution in [0.1, 0.15) is 0 Å². The van der Waals surface area contributed by atoms with Gasteiger partial charge < -0.3 is 4.84 Å². The van der Waals surface area contributed by atoms with Gasteiger partial charge in [0.25, 0.3) is 0 Å². The number of hydrogen-bond acceptors (Lipinski definition) is 2. The molecule has 1 aromatic rings. The highest BCUT2D eigenvalue weighted by Gasteiger charge is 1.89. The Bertz CT molecular complexity index is 197. The van der Waals surface area contributed by atoms with E-state index >= 15 is 0 Å². The predicted octanol–water partition coefficient (Wildman–Crippen LogP) is 1.85. The van der Waals surface area contributed by atoms with Crippen molar-refractivity contribution in [2.24, 2.45) is 0 Å². The highest BCUT2D eigenvalue weighted by Crippen LogP contribution is 2.14. The zero-order chi connectivity index (χ0) is 7.40. The first kappa shape index (κ1) is 7.38. The SMILES string of the molecule is CNOc1ccc(Cl)cc1. The molecule has 0 unspecified atom stereocenters. The van der Waals surface area contributed by atoms with Gasteiger partial charge in [-0.3, -0.25) is 0 Å². The molecule has 3 heteroatoms. The zero-order valence-corrected chi connectivity index (χ0v) is 6.35. The van der Waals surface area contributed by atoms with Crippen LogP contribution in [0.2, 0.25) is 5.02 Å². The summed E-state index contributed by atoms with van der Waals surface area (Å²) in [7, 11) is 1.70. The third kappa shape index (κ3) is 1.90. The standard InChI is InChI=1S/C7H8ClNO/c1-9-10-7-4-2-6(8)3-5-7/h2-5,9H,1H3. The van der Waals surface area contributed by atoms with Crippen LogP contribution in [-0.2, 0) is 0 Å². The molecule has 0 bridgehead atoms. The summed E-state index contributed by atoms with van der Waals surface area (Å²) in [6.45, 7) is 0. The fourth-order valence-corrected chi connectivity index (χ4v) is 0.746. The van der Waals surface area contributed by atoms with Gasteiger partial charge in [-0.25, -0.2) is 0 Å². The number of hydrogen-bond donors (Lipinski definition) is 1. The number of hydroxylamine groups is 1. The van der Waals surface area contributed by atoms with Crippen molar-refractivity contribution < 1.29 is 4.84 Å². The molecule has 0 saturated heterocycles. The van der Waals surface area contributed by atoms with Crippen LogP contribution in [0.5, 0.6) is 5.75 Å². The van der Waals surface area contributed by atoms with Crippen LogP contribution in [0, 0.1) is 0 Å². The highest BCUT2D eigenvalue weighted by molar-refractivity contribution is 6.30. The predicted molar refractivity (Wildman–Crippen MR) is 41.1 cm³/mol. The maximum absolute atomic E-state index is 5.64. The molecule has 0 aromatic heterocycles. The van der Waals surface area contributed by atoms with Gasteiger partial charge in [0.15, 0.2) is 0 Å². The fraction of sp³-hybridized carbons (Fsp3) is 0.143. The van der Waals surface area contributed by atoms with E-state index in [1.54, 1.807) is 31.3 Å². The van der Waals surface area contributed by atoms with Crippen LogP contribution in [0.15, 0.2) is 24.3 Å². The summed E-state index contributed by atoms with van der Waals surface area (Å²) in [4.78, 5) is 4.95. The van der Waals surface area contributed by atoms with Crippen LogP contribution in [-0.4, -0.2) is 7.05 Å². The molecule has 0 heterocycles. The maximum Gasteiger partial charge on any atom is 0.147 e. The molecule has 1 aromatic carbocycles. The molecule has 1 rings (SSSR count). The second kappa shape index (κ2) is 3.44. The van der Waals surface area contributed by atoms with Gasteiger partial charge in [0, 0.05) is 12.1 Å². The van der Waals surface area contributed by atoms with Crippen molar-refractivity contribution in [2.75, 3.05) is 7.05 Å². The van der Waals surface area contributed by atoms with Crippen molar-refractivity contribution in [2.45, 2.75) is 0 Å². The van der Waals surface area contributed by atoms with Crippen molar-refractivity contribution in [3.8, 4) is 5.75 Å². The average Bonchev–Trinajstić information content (AvgIpc) is 1.95. The Balaban J connectivity index is 2.69. The lowest BCUT2D eigenvalue weighted by atomic mass is 10.3. The Hall–Kier alpha value is -0.730. The second-order valence-corrected chi connectivity index (χ2v) is 2.20. The molecule has 0 fully saturated rings. The van der Waals surface area contributed by atoms with E-state index in [0.717, 1.165) is 5.75 Å². The summed E-state index contributed by atoms with van der Waals surface area (Å²) >= 11 is 5.64. The zero-order valence-electron chi connectivity index (χ0n) is 5.60. The molecule has 10 heavy (non-hydrogen) atoms. The van der Waals surface area contributed by atoms with Crippen LogP contribution < -0.4 is 10.3 Å². The first-order valence-electron chi connectivity index (χ1n) is 2.92. The highest BCUT2D eigenvalue weighted by atomic mass is 35.5. The number of nitrogens with one attached hydrogen (secondary N) is 1. The van der Waals surface area contributed by atoms with E-state index in [1.807, 2.05) is 0 Å². The Kier molecular flexibility index (Phi) is 2.54. The van der Waals surface area contributed by atoms with Crippen LogP contribution >= 0.6 is 11.6 Å². The minimum Gasteiger partial charge on any atom is -0.409 e. The number of benzene rings is 1. The molecule has 2 nitrogen and oxygen atoms in total. The van der Waals surface area contributed by atoms with Gasteiger partial charge in [-0.05, 0) is 24.3 Å². The minimum atomic E-state index is 0.712. The van der Waals surface area contributed by atoms with Crippen LogP contribution in [0.3, 0.4) is 0 Å². The lowest BCUT2D eigenvalue weighted by Gasteiger charge is -2.00. The van der Waals surface area contributed by atoms with E-state index in [9.17, 15) is 0 Å². The smallest absolute Gasteiger partial charge is 0.147 e. The fourth-order valence-electron chi connectivity index (χ4n) is 0.620. The molecule has 0 radical (unpaired) electrons. The Morgan fingerprint density at radius 1 is 1.30 bits per heavy atom. The molecule has 0 saturated carbocycles. The van der Waals surface area contributed by atoms with E-state index in [2.05, 4.69) is 5.48 Å². The first-order valence-corrected chi connectivity index (χ1v) is 3.30. The molecule has 0 amide bonds. The third-order valence-corrected chi connectivity index (χ3v) is 1.29. The van der Waals surface area contributed by atoms with E-state index in [-0.39, 0.29) is 0 Å². The summed E-state index contributed by atoms with van der Waals surface area (Å²) < 4.78 is 0. The van der Waals surface area contributed by atoms with Crippen molar-refractivity contribution in [1.82, 2.24) is 5.48 Å². The van der Waals surface area contributed by atoms with Gasteiger partial charge in [-0.1, -0.05) is 11.6 Å². The Labute approximate surface area is 64.7 Å². The molecule has 54 valence electrons. The van der Waals surface area contributed by atoms with Crippen molar-refractivity contribution in [3.63, 3.8) is 0 Å². The normalized spacial score (nSPS) is 9.40. The van der Waals surface area contributed by atoms with Gasteiger partial charge in [0.2, 0.25) is 0 Å². The summed E-state index contributed by atoms with van der Waals surface area (Å²) in [6.07, 6.45) is 0. The van der Waals surface area contributed by atoms with E-state index in [0.29, 0.717) is 5.02 Å². The summed E-state index contributed by atoms with van der Waals surface area (Å²) in [5.74, 6) is 0.756. The van der Waals surface area contributed by atoms with E-state index in [4.69, 9.17) is 16.4 Å². The Morgan fingerprint density at radius 2 is 1.90 bits per heavy atom. The molecular weight excluding hydrogens is 150 g/mol. The van der Waals surface area contributed by atoms with Gasteiger partial charge >= 0.3 is 0 Å². The van der Waals surface area contributed by atoms with Crippen molar-refractivity contribution in [3.05, 3.63) is 29.3 Å². The second-order valence-electron chi connectivity index (χ2n) is 1.76. The minimum absolute atomic E-state index is 0.712. The Morgan fingerprint density at radius 3 is 2.40 bits per heavy atom.